The Bertz CT molecular complexity index is 483. The average molecular weight is 255 g/mol. The molecule has 2 saturated carbocycles. The molecular formula is C17H21NO. The van der Waals surface area contributed by atoms with Crippen molar-refractivity contribution in [3.63, 3.8) is 0 Å². The number of hydrogen-bond acceptors (Lipinski definition) is 2. The molecule has 1 heterocycles. The predicted octanol–water partition coefficient (Wildman–Crippen LogP) is 2.88. The van der Waals surface area contributed by atoms with Crippen LogP contribution in [0.1, 0.15) is 31.2 Å². The second-order valence-corrected chi connectivity index (χ2v) is 6.53. The Hall–Kier alpha value is -1.15. The van der Waals surface area contributed by atoms with Gasteiger partial charge in [0.05, 0.1) is 0 Å². The Morgan fingerprint density at radius 3 is 2.84 bits per heavy atom. The molecule has 0 aromatic heterocycles. The smallest absolute Gasteiger partial charge is 0.136 e. The summed E-state index contributed by atoms with van der Waals surface area (Å²) in [6.07, 6.45) is 4.57. The number of rotatable bonds is 2. The quantitative estimate of drug-likeness (QED) is 0.810. The summed E-state index contributed by atoms with van der Waals surface area (Å²) in [5.74, 6) is 2.32. The van der Waals surface area contributed by atoms with Crippen LogP contribution in [0.3, 0.4) is 0 Å². The van der Waals surface area contributed by atoms with Gasteiger partial charge in [-0.15, -0.1) is 0 Å². The summed E-state index contributed by atoms with van der Waals surface area (Å²) in [4.78, 5) is 14.7. The molecule has 1 saturated heterocycles. The zero-order valence-corrected chi connectivity index (χ0v) is 11.3. The summed E-state index contributed by atoms with van der Waals surface area (Å²) >= 11 is 0. The molecular weight excluding hydrogens is 234 g/mol. The summed E-state index contributed by atoms with van der Waals surface area (Å²) < 4.78 is 0. The van der Waals surface area contributed by atoms with E-state index in [9.17, 15) is 4.79 Å². The van der Waals surface area contributed by atoms with Crippen molar-refractivity contribution in [2.24, 2.45) is 17.8 Å². The van der Waals surface area contributed by atoms with Crippen LogP contribution in [0.5, 0.6) is 0 Å². The van der Waals surface area contributed by atoms with E-state index in [4.69, 9.17) is 0 Å². The molecule has 1 aliphatic heterocycles. The molecule has 2 aliphatic carbocycles. The maximum absolute atomic E-state index is 12.0. The third kappa shape index (κ3) is 1.85. The summed E-state index contributed by atoms with van der Waals surface area (Å²) in [5, 5.41) is 0. The van der Waals surface area contributed by atoms with Gasteiger partial charge in [-0.25, -0.2) is 0 Å². The van der Waals surface area contributed by atoms with Gasteiger partial charge in [0.15, 0.2) is 0 Å². The molecule has 4 atom stereocenters. The van der Waals surface area contributed by atoms with Gasteiger partial charge in [-0.05, 0) is 30.2 Å². The molecule has 3 aliphatic rings. The Kier molecular flexibility index (Phi) is 2.73. The van der Waals surface area contributed by atoms with Gasteiger partial charge in [-0.1, -0.05) is 36.8 Å². The molecule has 0 spiro atoms. The Balaban J connectivity index is 1.55. The number of benzene rings is 1. The van der Waals surface area contributed by atoms with Crippen molar-refractivity contribution in [1.82, 2.24) is 4.90 Å². The van der Waals surface area contributed by atoms with Crippen LogP contribution in [0.4, 0.5) is 0 Å². The molecule has 100 valence electrons. The highest BCUT2D eigenvalue weighted by atomic mass is 16.1. The lowest BCUT2D eigenvalue weighted by Crippen LogP contribution is -2.38. The second kappa shape index (κ2) is 4.45. The first kappa shape index (κ1) is 11.7. The normalized spacial score (nSPS) is 37.6. The maximum Gasteiger partial charge on any atom is 0.136 e. The Morgan fingerprint density at radius 1 is 1.16 bits per heavy atom. The Morgan fingerprint density at radius 2 is 2.00 bits per heavy atom. The van der Waals surface area contributed by atoms with Crippen molar-refractivity contribution in [2.45, 2.75) is 38.3 Å². The number of Topliss-reactive ketones (excluding diaryl/α,β-unsaturated/α-hetero) is 1. The van der Waals surface area contributed by atoms with E-state index in [-0.39, 0.29) is 0 Å². The Labute approximate surface area is 114 Å². The molecule has 0 amide bonds. The third-order valence-electron chi connectivity index (χ3n) is 5.51. The largest absolute Gasteiger partial charge is 0.299 e. The van der Waals surface area contributed by atoms with Crippen molar-refractivity contribution in [1.29, 1.82) is 0 Å². The monoisotopic (exact) mass is 255 g/mol. The van der Waals surface area contributed by atoms with Gasteiger partial charge in [0.25, 0.3) is 0 Å². The van der Waals surface area contributed by atoms with E-state index in [0.29, 0.717) is 29.6 Å². The molecule has 0 radical (unpaired) electrons. The van der Waals surface area contributed by atoms with E-state index in [1.165, 1.54) is 18.4 Å². The van der Waals surface area contributed by atoms with E-state index >= 15 is 0 Å². The molecule has 2 nitrogen and oxygen atoms in total. The predicted molar refractivity (Wildman–Crippen MR) is 74.6 cm³/mol. The highest BCUT2D eigenvalue weighted by Crippen LogP contribution is 2.50. The molecule has 0 bridgehead atoms. The van der Waals surface area contributed by atoms with Crippen molar-refractivity contribution in [2.75, 3.05) is 6.54 Å². The number of ketones is 1. The fourth-order valence-electron chi connectivity index (χ4n) is 4.81. The molecule has 1 aromatic rings. The minimum Gasteiger partial charge on any atom is -0.299 e. The highest BCUT2D eigenvalue weighted by molar-refractivity contribution is 5.84. The van der Waals surface area contributed by atoms with Crippen LogP contribution >= 0.6 is 0 Å². The number of nitrogens with zero attached hydrogens (tertiary/aromatic N) is 1. The van der Waals surface area contributed by atoms with Crippen LogP contribution in [0.2, 0.25) is 0 Å². The molecule has 1 aromatic carbocycles. The average Bonchev–Trinajstić information content (AvgIpc) is 2.94. The van der Waals surface area contributed by atoms with Gasteiger partial charge in [0.1, 0.15) is 5.78 Å². The summed E-state index contributed by atoms with van der Waals surface area (Å²) in [6, 6.07) is 11.4. The van der Waals surface area contributed by atoms with Crippen LogP contribution in [-0.4, -0.2) is 23.3 Å². The van der Waals surface area contributed by atoms with E-state index in [1.54, 1.807) is 0 Å². The van der Waals surface area contributed by atoms with Crippen molar-refractivity contribution < 1.29 is 4.79 Å². The van der Waals surface area contributed by atoms with Gasteiger partial charge in [-0.3, -0.25) is 9.69 Å². The van der Waals surface area contributed by atoms with Crippen molar-refractivity contribution in [3.05, 3.63) is 35.9 Å². The zero-order valence-electron chi connectivity index (χ0n) is 11.3. The van der Waals surface area contributed by atoms with Gasteiger partial charge in [0.2, 0.25) is 0 Å². The highest BCUT2D eigenvalue weighted by Gasteiger charge is 2.53. The molecule has 0 unspecified atom stereocenters. The number of hydrogen-bond donors (Lipinski definition) is 0. The lowest BCUT2D eigenvalue weighted by Gasteiger charge is -2.34. The fraction of sp³-hybridized carbons (Fsp3) is 0.588. The lowest BCUT2D eigenvalue weighted by molar-refractivity contribution is -0.122. The van der Waals surface area contributed by atoms with Crippen molar-refractivity contribution >= 4 is 5.78 Å². The SMILES string of the molecule is O=C1C[C@H]2CN(Cc3ccccc3)[C@@H]3CCC[C@H]1[C@H]23. The molecule has 3 fully saturated rings. The first-order valence-corrected chi connectivity index (χ1v) is 7.63. The molecule has 4 rings (SSSR count). The number of carbonyl (C=O) groups is 1. The topological polar surface area (TPSA) is 20.3 Å². The molecule has 2 heteroatoms. The van der Waals surface area contributed by atoms with E-state index in [0.717, 1.165) is 25.9 Å². The van der Waals surface area contributed by atoms with Crippen LogP contribution < -0.4 is 0 Å². The van der Waals surface area contributed by atoms with Crippen LogP contribution in [0.25, 0.3) is 0 Å². The maximum atomic E-state index is 12.0. The van der Waals surface area contributed by atoms with Gasteiger partial charge < -0.3 is 0 Å². The minimum absolute atomic E-state index is 0.407. The third-order valence-corrected chi connectivity index (χ3v) is 5.51. The van der Waals surface area contributed by atoms with E-state index in [2.05, 4.69) is 35.2 Å². The van der Waals surface area contributed by atoms with Gasteiger partial charge in [0, 0.05) is 31.5 Å². The second-order valence-electron chi connectivity index (χ2n) is 6.53. The van der Waals surface area contributed by atoms with Crippen LogP contribution in [-0.2, 0) is 11.3 Å². The summed E-state index contributed by atoms with van der Waals surface area (Å²) in [5.41, 5.74) is 1.41. The molecule has 19 heavy (non-hydrogen) atoms. The van der Waals surface area contributed by atoms with Crippen LogP contribution in [0, 0.1) is 17.8 Å². The van der Waals surface area contributed by atoms with E-state index < -0.39 is 0 Å². The number of carbonyl (C=O) groups excluding carboxylic acids is 1. The minimum atomic E-state index is 0.407. The first-order chi connectivity index (χ1) is 9.33. The lowest BCUT2D eigenvalue weighted by atomic mass is 9.77. The van der Waals surface area contributed by atoms with Crippen LogP contribution in [0.15, 0.2) is 30.3 Å². The number of likely N-dealkylation sites (tertiary alicyclic amines) is 1. The van der Waals surface area contributed by atoms with Crippen molar-refractivity contribution in [3.8, 4) is 0 Å². The standard InChI is InChI=1S/C17H21NO/c19-16-9-13-11-18(10-12-5-2-1-3-6-12)15-8-4-7-14(16)17(13)15/h1-3,5-6,13-15,17H,4,7-11H2/t13-,14+,15+,17-/m0/s1. The van der Waals surface area contributed by atoms with Gasteiger partial charge in [-0.2, -0.15) is 0 Å². The molecule has 0 N–H and O–H groups in total. The summed E-state index contributed by atoms with van der Waals surface area (Å²) in [7, 11) is 0. The zero-order chi connectivity index (χ0) is 12.8. The fourth-order valence-corrected chi connectivity index (χ4v) is 4.81. The van der Waals surface area contributed by atoms with E-state index in [1.807, 2.05) is 0 Å². The first-order valence-electron chi connectivity index (χ1n) is 7.63. The van der Waals surface area contributed by atoms with Gasteiger partial charge >= 0.3 is 0 Å². The summed E-state index contributed by atoms with van der Waals surface area (Å²) in [6.45, 7) is 2.21.